The maximum Gasteiger partial charge on any atom is 0.287 e. The average molecular weight is 298 g/mol. The van der Waals surface area contributed by atoms with Gasteiger partial charge in [-0.05, 0) is 30.5 Å². The molecular weight excluding hydrogens is 280 g/mol. The van der Waals surface area contributed by atoms with Crippen molar-refractivity contribution in [2.75, 3.05) is 29.9 Å². The van der Waals surface area contributed by atoms with E-state index in [-0.39, 0.29) is 5.69 Å². The molecule has 0 fully saturated rings. The lowest BCUT2D eigenvalue weighted by Crippen LogP contribution is -2.33. The van der Waals surface area contributed by atoms with Crippen LogP contribution >= 0.6 is 0 Å². The van der Waals surface area contributed by atoms with Crippen molar-refractivity contribution in [1.82, 2.24) is 4.98 Å². The van der Waals surface area contributed by atoms with Crippen LogP contribution in [0.15, 0.2) is 42.6 Å². The van der Waals surface area contributed by atoms with Crippen molar-refractivity contribution in [1.29, 1.82) is 0 Å². The van der Waals surface area contributed by atoms with E-state index in [2.05, 4.69) is 39.5 Å². The molecule has 0 radical (unpaired) electrons. The van der Waals surface area contributed by atoms with Gasteiger partial charge in [0.15, 0.2) is 0 Å². The number of pyridine rings is 1. The summed E-state index contributed by atoms with van der Waals surface area (Å²) >= 11 is 0. The van der Waals surface area contributed by atoms with Crippen LogP contribution in [-0.2, 0) is 6.42 Å². The predicted molar refractivity (Wildman–Crippen MR) is 86.4 cm³/mol. The van der Waals surface area contributed by atoms with Crippen LogP contribution in [-0.4, -0.2) is 29.5 Å². The second-order valence-corrected chi connectivity index (χ2v) is 5.30. The van der Waals surface area contributed by atoms with Crippen molar-refractivity contribution in [3.05, 3.63) is 58.3 Å². The second-order valence-electron chi connectivity index (χ2n) is 5.30. The third-order valence-corrected chi connectivity index (χ3v) is 3.85. The van der Waals surface area contributed by atoms with Gasteiger partial charge in [-0.3, -0.25) is 10.1 Å². The number of anilines is 2. The molecule has 6 heteroatoms. The Morgan fingerprint density at radius 2 is 2.14 bits per heavy atom. The first-order chi connectivity index (χ1) is 10.7. The number of nitrogens with one attached hydrogen (secondary N) is 1. The zero-order valence-corrected chi connectivity index (χ0v) is 12.2. The van der Waals surface area contributed by atoms with E-state index >= 15 is 0 Å². The molecule has 2 heterocycles. The van der Waals surface area contributed by atoms with E-state index in [1.807, 2.05) is 0 Å². The number of fused-ring (bicyclic) bond motifs is 1. The smallest absolute Gasteiger partial charge is 0.287 e. The minimum atomic E-state index is -0.443. The fourth-order valence-corrected chi connectivity index (χ4v) is 2.76. The monoisotopic (exact) mass is 298 g/mol. The third kappa shape index (κ3) is 3.16. The Labute approximate surface area is 128 Å². The molecule has 0 aliphatic carbocycles. The van der Waals surface area contributed by atoms with Gasteiger partial charge in [0.05, 0.1) is 4.92 Å². The number of rotatable bonds is 5. The van der Waals surface area contributed by atoms with Gasteiger partial charge in [0.2, 0.25) is 0 Å². The zero-order chi connectivity index (χ0) is 15.4. The summed E-state index contributed by atoms with van der Waals surface area (Å²) in [6.45, 7) is 2.70. The number of aryl methyl sites for hydroxylation is 1. The van der Waals surface area contributed by atoms with Crippen LogP contribution in [0.5, 0.6) is 0 Å². The average Bonchev–Trinajstić information content (AvgIpc) is 2.55. The molecule has 1 aromatic heterocycles. The van der Waals surface area contributed by atoms with Crippen LogP contribution in [0.3, 0.4) is 0 Å². The van der Waals surface area contributed by atoms with Crippen LogP contribution in [0.2, 0.25) is 0 Å². The lowest BCUT2D eigenvalue weighted by molar-refractivity contribution is -0.385. The molecule has 0 saturated carbocycles. The van der Waals surface area contributed by atoms with Crippen LogP contribution < -0.4 is 10.2 Å². The molecule has 0 spiro atoms. The van der Waals surface area contributed by atoms with Crippen LogP contribution in [0, 0.1) is 10.1 Å². The molecule has 2 aromatic rings. The molecule has 1 aliphatic heterocycles. The first-order valence-electron chi connectivity index (χ1n) is 7.41. The van der Waals surface area contributed by atoms with Gasteiger partial charge in [0.1, 0.15) is 12.0 Å². The topological polar surface area (TPSA) is 71.3 Å². The Bertz CT molecular complexity index is 657. The Morgan fingerprint density at radius 1 is 1.27 bits per heavy atom. The van der Waals surface area contributed by atoms with Gasteiger partial charge in [0, 0.05) is 31.4 Å². The summed E-state index contributed by atoms with van der Waals surface area (Å²) in [6, 6.07) is 11.6. The molecule has 0 saturated heterocycles. The first-order valence-corrected chi connectivity index (χ1v) is 7.41. The molecule has 0 atom stereocenters. The lowest BCUT2D eigenvalue weighted by atomic mass is 10.0. The fourth-order valence-electron chi connectivity index (χ4n) is 2.76. The van der Waals surface area contributed by atoms with Gasteiger partial charge in [-0.1, -0.05) is 18.2 Å². The number of nitrogens with zero attached hydrogens (tertiary/aromatic N) is 3. The molecule has 3 rings (SSSR count). The maximum absolute atomic E-state index is 10.6. The third-order valence-electron chi connectivity index (χ3n) is 3.85. The summed E-state index contributed by atoms with van der Waals surface area (Å²) in [4.78, 5) is 16.6. The van der Waals surface area contributed by atoms with E-state index in [1.54, 1.807) is 6.07 Å². The minimum absolute atomic E-state index is 0.00973. The SMILES string of the molecule is O=[N+]([O-])c1ccc(NCCN2CCCc3ccccc32)nc1. The van der Waals surface area contributed by atoms with Crippen molar-refractivity contribution < 1.29 is 4.92 Å². The zero-order valence-electron chi connectivity index (χ0n) is 12.2. The van der Waals surface area contributed by atoms with E-state index in [9.17, 15) is 10.1 Å². The van der Waals surface area contributed by atoms with Crippen molar-refractivity contribution in [3.63, 3.8) is 0 Å². The number of nitro groups is 1. The Balaban J connectivity index is 1.56. The molecule has 1 N–H and O–H groups in total. The number of benzene rings is 1. The van der Waals surface area contributed by atoms with Crippen LogP contribution in [0.4, 0.5) is 17.2 Å². The van der Waals surface area contributed by atoms with Crippen molar-refractivity contribution in [3.8, 4) is 0 Å². The number of hydrogen-bond donors (Lipinski definition) is 1. The van der Waals surface area contributed by atoms with E-state index in [1.165, 1.54) is 29.9 Å². The second kappa shape index (κ2) is 6.43. The number of aromatic nitrogens is 1. The largest absolute Gasteiger partial charge is 0.370 e. The highest BCUT2D eigenvalue weighted by Crippen LogP contribution is 2.26. The molecule has 1 aromatic carbocycles. The van der Waals surface area contributed by atoms with E-state index < -0.39 is 4.92 Å². The molecule has 114 valence electrons. The summed E-state index contributed by atoms with van der Waals surface area (Å²) in [5.41, 5.74) is 2.73. The Morgan fingerprint density at radius 3 is 2.91 bits per heavy atom. The number of hydrogen-bond acceptors (Lipinski definition) is 5. The van der Waals surface area contributed by atoms with Crippen molar-refractivity contribution >= 4 is 17.2 Å². The van der Waals surface area contributed by atoms with Crippen molar-refractivity contribution in [2.45, 2.75) is 12.8 Å². The first kappa shape index (κ1) is 14.3. The molecule has 0 unspecified atom stereocenters. The number of para-hydroxylation sites is 1. The molecule has 6 nitrogen and oxygen atoms in total. The summed E-state index contributed by atoms with van der Waals surface area (Å²) in [6.07, 6.45) is 3.59. The summed E-state index contributed by atoms with van der Waals surface area (Å²) in [5.74, 6) is 0.663. The molecular formula is C16H18N4O2. The van der Waals surface area contributed by atoms with Gasteiger partial charge in [0.25, 0.3) is 5.69 Å². The van der Waals surface area contributed by atoms with Gasteiger partial charge >= 0.3 is 0 Å². The van der Waals surface area contributed by atoms with Gasteiger partial charge in [-0.2, -0.15) is 0 Å². The van der Waals surface area contributed by atoms with E-state index in [0.29, 0.717) is 5.82 Å². The summed E-state index contributed by atoms with van der Waals surface area (Å²) in [7, 11) is 0. The quantitative estimate of drug-likeness (QED) is 0.679. The van der Waals surface area contributed by atoms with Crippen LogP contribution in [0.1, 0.15) is 12.0 Å². The molecule has 22 heavy (non-hydrogen) atoms. The highest BCUT2D eigenvalue weighted by atomic mass is 16.6. The highest BCUT2D eigenvalue weighted by Gasteiger charge is 2.15. The summed E-state index contributed by atoms with van der Waals surface area (Å²) < 4.78 is 0. The van der Waals surface area contributed by atoms with E-state index in [0.717, 1.165) is 26.1 Å². The van der Waals surface area contributed by atoms with Gasteiger partial charge in [-0.15, -0.1) is 0 Å². The molecule has 0 amide bonds. The van der Waals surface area contributed by atoms with Gasteiger partial charge < -0.3 is 10.2 Å². The fraction of sp³-hybridized carbons (Fsp3) is 0.312. The molecule has 0 bridgehead atoms. The normalized spacial score (nSPS) is 13.5. The summed E-state index contributed by atoms with van der Waals surface area (Å²) in [5, 5.41) is 13.8. The lowest BCUT2D eigenvalue weighted by Gasteiger charge is -2.31. The Hall–Kier alpha value is -2.63. The minimum Gasteiger partial charge on any atom is -0.370 e. The van der Waals surface area contributed by atoms with Crippen molar-refractivity contribution in [2.24, 2.45) is 0 Å². The van der Waals surface area contributed by atoms with E-state index in [4.69, 9.17) is 0 Å². The van der Waals surface area contributed by atoms with Crippen LogP contribution in [0.25, 0.3) is 0 Å². The maximum atomic E-state index is 10.6. The Kier molecular flexibility index (Phi) is 4.18. The molecule has 1 aliphatic rings. The highest BCUT2D eigenvalue weighted by molar-refractivity contribution is 5.55. The predicted octanol–water partition coefficient (Wildman–Crippen LogP) is 2.85. The van der Waals surface area contributed by atoms with Gasteiger partial charge in [-0.25, -0.2) is 4.98 Å². The standard InChI is InChI=1S/C16H18N4O2/c21-20(22)14-7-8-16(18-12-14)17-9-11-19-10-3-5-13-4-1-2-6-15(13)19/h1-2,4,6-8,12H,3,5,9-11H2,(H,17,18).